The lowest BCUT2D eigenvalue weighted by Gasteiger charge is -2.19. The molecule has 0 spiro atoms. The molecule has 0 aliphatic rings. The summed E-state index contributed by atoms with van der Waals surface area (Å²) in [7, 11) is 0. The lowest BCUT2D eigenvalue weighted by atomic mass is 10.0. The van der Waals surface area contributed by atoms with Crippen LogP contribution in [0.3, 0.4) is 0 Å². The van der Waals surface area contributed by atoms with Gasteiger partial charge in [0.05, 0.1) is 6.04 Å². The van der Waals surface area contributed by atoms with Crippen molar-refractivity contribution in [3.63, 3.8) is 0 Å². The molecule has 1 atom stereocenters. The van der Waals surface area contributed by atoms with Crippen LogP contribution in [0.15, 0.2) is 42.5 Å². The SMILES string of the molecule is Cc1cc(C(CN)Nc2ccc(F)cc2)ccc1F. The van der Waals surface area contributed by atoms with Crippen molar-refractivity contribution in [3.8, 4) is 0 Å². The van der Waals surface area contributed by atoms with E-state index in [1.165, 1.54) is 18.2 Å². The third-order valence-electron chi connectivity index (χ3n) is 3.01. The third-order valence-corrected chi connectivity index (χ3v) is 3.01. The Morgan fingerprint density at radius 1 is 1.11 bits per heavy atom. The second-order valence-electron chi connectivity index (χ2n) is 4.45. The first-order chi connectivity index (χ1) is 9.10. The molecule has 0 aliphatic carbocycles. The second-order valence-corrected chi connectivity index (χ2v) is 4.45. The molecule has 0 bridgehead atoms. The van der Waals surface area contributed by atoms with E-state index in [0.29, 0.717) is 12.1 Å². The van der Waals surface area contributed by atoms with Crippen LogP contribution in [0.4, 0.5) is 14.5 Å². The molecule has 0 aliphatic heterocycles. The number of benzene rings is 2. The molecule has 0 radical (unpaired) electrons. The Kier molecular flexibility index (Phi) is 4.12. The van der Waals surface area contributed by atoms with Gasteiger partial charge in [0, 0.05) is 12.2 Å². The molecule has 3 N–H and O–H groups in total. The standard InChI is InChI=1S/C15H16F2N2/c1-10-8-11(2-7-14(10)17)15(9-18)19-13-5-3-12(16)4-6-13/h2-8,15,19H,9,18H2,1H3. The number of aryl methyl sites for hydroxylation is 1. The zero-order valence-electron chi connectivity index (χ0n) is 10.7. The van der Waals surface area contributed by atoms with Gasteiger partial charge in [0.1, 0.15) is 11.6 Å². The maximum absolute atomic E-state index is 13.2. The minimum absolute atomic E-state index is 0.134. The Balaban J connectivity index is 2.19. The number of halogens is 2. The van der Waals surface area contributed by atoms with Gasteiger partial charge < -0.3 is 11.1 Å². The molecule has 2 rings (SSSR count). The van der Waals surface area contributed by atoms with Crippen molar-refractivity contribution in [1.82, 2.24) is 0 Å². The molecule has 1 unspecified atom stereocenters. The molecule has 0 amide bonds. The van der Waals surface area contributed by atoms with E-state index in [0.717, 1.165) is 11.3 Å². The number of hydrogen-bond acceptors (Lipinski definition) is 2. The van der Waals surface area contributed by atoms with E-state index in [2.05, 4.69) is 5.32 Å². The summed E-state index contributed by atoms with van der Waals surface area (Å²) in [5, 5.41) is 3.20. The average molecular weight is 262 g/mol. The van der Waals surface area contributed by atoms with Crippen molar-refractivity contribution in [3.05, 3.63) is 65.2 Å². The minimum Gasteiger partial charge on any atom is -0.377 e. The van der Waals surface area contributed by atoms with Crippen LogP contribution >= 0.6 is 0 Å². The number of hydrogen-bond donors (Lipinski definition) is 2. The summed E-state index contributed by atoms with van der Waals surface area (Å²) in [6, 6.07) is 10.8. The quantitative estimate of drug-likeness (QED) is 0.886. The predicted octanol–water partition coefficient (Wildman–Crippen LogP) is 3.39. The van der Waals surface area contributed by atoms with Crippen molar-refractivity contribution < 1.29 is 8.78 Å². The van der Waals surface area contributed by atoms with Gasteiger partial charge >= 0.3 is 0 Å². The first-order valence-electron chi connectivity index (χ1n) is 6.08. The summed E-state index contributed by atoms with van der Waals surface area (Å²) >= 11 is 0. The smallest absolute Gasteiger partial charge is 0.126 e. The number of nitrogens with two attached hydrogens (primary N) is 1. The molecule has 0 saturated heterocycles. The Morgan fingerprint density at radius 2 is 1.79 bits per heavy atom. The molecule has 100 valence electrons. The lowest BCUT2D eigenvalue weighted by Crippen LogP contribution is -2.20. The highest BCUT2D eigenvalue weighted by atomic mass is 19.1. The van der Waals surface area contributed by atoms with E-state index in [-0.39, 0.29) is 17.7 Å². The molecule has 0 heterocycles. The summed E-state index contributed by atoms with van der Waals surface area (Å²) in [4.78, 5) is 0. The first kappa shape index (κ1) is 13.5. The highest BCUT2D eigenvalue weighted by molar-refractivity contribution is 5.46. The Labute approximate surface area is 111 Å². The zero-order chi connectivity index (χ0) is 13.8. The fourth-order valence-electron chi connectivity index (χ4n) is 1.91. The van der Waals surface area contributed by atoms with Crippen LogP contribution in [-0.4, -0.2) is 6.54 Å². The summed E-state index contributed by atoms with van der Waals surface area (Å²) in [6.45, 7) is 2.08. The third kappa shape index (κ3) is 3.29. The molecular formula is C15H16F2N2. The van der Waals surface area contributed by atoms with Crippen LogP contribution in [0.2, 0.25) is 0 Å². The van der Waals surface area contributed by atoms with Crippen LogP contribution in [-0.2, 0) is 0 Å². The maximum atomic E-state index is 13.2. The summed E-state index contributed by atoms with van der Waals surface area (Å²) < 4.78 is 26.1. The molecule has 2 aromatic carbocycles. The van der Waals surface area contributed by atoms with E-state index in [9.17, 15) is 8.78 Å². The summed E-state index contributed by atoms with van der Waals surface area (Å²) in [5.41, 5.74) is 8.01. The Hall–Kier alpha value is -1.94. The maximum Gasteiger partial charge on any atom is 0.126 e. The highest BCUT2D eigenvalue weighted by Gasteiger charge is 2.11. The highest BCUT2D eigenvalue weighted by Crippen LogP contribution is 2.21. The van der Waals surface area contributed by atoms with Crippen molar-refractivity contribution >= 4 is 5.69 Å². The van der Waals surface area contributed by atoms with Crippen LogP contribution in [0.5, 0.6) is 0 Å². The van der Waals surface area contributed by atoms with Gasteiger partial charge in [-0.2, -0.15) is 0 Å². The van der Waals surface area contributed by atoms with Gasteiger partial charge in [0.25, 0.3) is 0 Å². The van der Waals surface area contributed by atoms with Crippen molar-refractivity contribution in [1.29, 1.82) is 0 Å². The number of anilines is 1. The van der Waals surface area contributed by atoms with Crippen molar-refractivity contribution in [2.75, 3.05) is 11.9 Å². The van der Waals surface area contributed by atoms with Crippen LogP contribution < -0.4 is 11.1 Å². The van der Waals surface area contributed by atoms with Gasteiger partial charge in [-0.05, 0) is 48.4 Å². The molecular weight excluding hydrogens is 246 g/mol. The predicted molar refractivity (Wildman–Crippen MR) is 73.0 cm³/mol. The summed E-state index contributed by atoms with van der Waals surface area (Å²) in [5.74, 6) is -0.520. The largest absolute Gasteiger partial charge is 0.377 e. The van der Waals surface area contributed by atoms with Crippen LogP contribution in [0, 0.1) is 18.6 Å². The Bertz CT molecular complexity index is 553. The summed E-state index contributed by atoms with van der Waals surface area (Å²) in [6.07, 6.45) is 0. The lowest BCUT2D eigenvalue weighted by molar-refractivity contribution is 0.616. The van der Waals surface area contributed by atoms with Crippen LogP contribution in [0.1, 0.15) is 17.2 Å². The molecule has 2 nitrogen and oxygen atoms in total. The fourth-order valence-corrected chi connectivity index (χ4v) is 1.91. The topological polar surface area (TPSA) is 38.0 Å². The normalized spacial score (nSPS) is 12.2. The van der Waals surface area contributed by atoms with Gasteiger partial charge in [0.15, 0.2) is 0 Å². The molecule has 0 fully saturated rings. The number of nitrogens with one attached hydrogen (secondary N) is 1. The van der Waals surface area contributed by atoms with E-state index < -0.39 is 0 Å². The molecule has 4 heteroatoms. The fraction of sp³-hybridized carbons (Fsp3) is 0.200. The number of rotatable bonds is 4. The van der Waals surface area contributed by atoms with Gasteiger partial charge in [-0.15, -0.1) is 0 Å². The van der Waals surface area contributed by atoms with Crippen molar-refractivity contribution in [2.24, 2.45) is 5.73 Å². The van der Waals surface area contributed by atoms with E-state index in [1.807, 2.05) is 0 Å². The second kappa shape index (κ2) is 5.80. The molecule has 0 aromatic heterocycles. The zero-order valence-corrected chi connectivity index (χ0v) is 10.7. The van der Waals surface area contributed by atoms with E-state index in [1.54, 1.807) is 31.2 Å². The molecule has 19 heavy (non-hydrogen) atoms. The monoisotopic (exact) mass is 262 g/mol. The van der Waals surface area contributed by atoms with E-state index in [4.69, 9.17) is 5.73 Å². The molecule has 0 saturated carbocycles. The average Bonchev–Trinajstić information content (AvgIpc) is 2.41. The van der Waals surface area contributed by atoms with Gasteiger partial charge in [-0.25, -0.2) is 8.78 Å². The molecule has 2 aromatic rings. The van der Waals surface area contributed by atoms with Crippen molar-refractivity contribution in [2.45, 2.75) is 13.0 Å². The Morgan fingerprint density at radius 3 is 2.37 bits per heavy atom. The van der Waals surface area contributed by atoms with Gasteiger partial charge in [-0.3, -0.25) is 0 Å². The minimum atomic E-state index is -0.285. The van der Waals surface area contributed by atoms with E-state index >= 15 is 0 Å². The van der Waals surface area contributed by atoms with Crippen LogP contribution in [0.25, 0.3) is 0 Å². The van der Waals surface area contributed by atoms with Gasteiger partial charge in [-0.1, -0.05) is 12.1 Å². The first-order valence-corrected chi connectivity index (χ1v) is 6.08. The van der Waals surface area contributed by atoms with Gasteiger partial charge in [0.2, 0.25) is 0 Å².